The van der Waals surface area contributed by atoms with Crippen LogP contribution in [0.15, 0.2) is 40.5 Å². The van der Waals surface area contributed by atoms with Crippen molar-refractivity contribution in [3.63, 3.8) is 0 Å². The van der Waals surface area contributed by atoms with Crippen molar-refractivity contribution >= 4 is 21.6 Å². The number of hydrogen-bond acceptors (Lipinski definition) is 4. The van der Waals surface area contributed by atoms with Gasteiger partial charge in [-0.25, -0.2) is 4.98 Å². The van der Waals surface area contributed by atoms with E-state index < -0.39 is 0 Å². The molecule has 0 radical (unpaired) electrons. The molecule has 2 aromatic heterocycles. The van der Waals surface area contributed by atoms with Crippen molar-refractivity contribution in [3.8, 4) is 0 Å². The van der Waals surface area contributed by atoms with Gasteiger partial charge in [-0.05, 0) is 29.5 Å². The van der Waals surface area contributed by atoms with Crippen LogP contribution in [-0.4, -0.2) is 27.5 Å². The number of nitrogens with zero attached hydrogens (tertiary/aromatic N) is 3. The minimum absolute atomic E-state index is 0.123. The lowest BCUT2D eigenvalue weighted by molar-refractivity contribution is 0.271. The molecule has 0 unspecified atom stereocenters. The van der Waals surface area contributed by atoms with Crippen molar-refractivity contribution < 1.29 is 0 Å². The molecular weight excluding hydrogens is 306 g/mol. The molecule has 0 atom stereocenters. The topological polar surface area (TPSA) is 38.1 Å². The Morgan fingerprint density at radius 1 is 1.17 bits per heavy atom. The Morgan fingerprint density at radius 2 is 2.04 bits per heavy atom. The maximum atomic E-state index is 12.6. The van der Waals surface area contributed by atoms with Crippen molar-refractivity contribution in [1.82, 2.24) is 14.5 Å². The fourth-order valence-electron chi connectivity index (χ4n) is 3.21. The van der Waals surface area contributed by atoms with Gasteiger partial charge >= 0.3 is 0 Å². The lowest BCUT2D eigenvalue weighted by Gasteiger charge is -2.20. The summed E-state index contributed by atoms with van der Waals surface area (Å²) in [4.78, 5) is 19.7. The zero-order chi connectivity index (χ0) is 15.8. The van der Waals surface area contributed by atoms with E-state index in [1.807, 2.05) is 16.0 Å². The lowest BCUT2D eigenvalue weighted by Crippen LogP contribution is -2.28. The monoisotopic (exact) mass is 325 g/mol. The summed E-state index contributed by atoms with van der Waals surface area (Å²) in [5.41, 5.74) is 3.65. The minimum atomic E-state index is 0.123. The van der Waals surface area contributed by atoms with Crippen LogP contribution in [0, 0.1) is 6.92 Å². The largest absolute Gasteiger partial charge is 0.297 e. The Hall–Kier alpha value is -1.98. The van der Waals surface area contributed by atoms with Crippen LogP contribution >= 0.6 is 11.3 Å². The summed E-state index contributed by atoms with van der Waals surface area (Å²) in [6.45, 7) is 5.64. The third-order valence-electron chi connectivity index (χ3n) is 4.59. The molecule has 0 aliphatic carbocycles. The smallest absolute Gasteiger partial charge is 0.271 e. The maximum absolute atomic E-state index is 12.6. The fourth-order valence-corrected chi connectivity index (χ4v) is 3.99. The predicted molar refractivity (Wildman–Crippen MR) is 94.0 cm³/mol. The summed E-state index contributed by atoms with van der Waals surface area (Å²) >= 11 is 1.49. The van der Waals surface area contributed by atoms with Gasteiger partial charge in [0.25, 0.3) is 5.56 Å². The van der Waals surface area contributed by atoms with Crippen molar-refractivity contribution in [1.29, 1.82) is 0 Å². The van der Waals surface area contributed by atoms with Crippen LogP contribution in [-0.2, 0) is 19.5 Å². The Kier molecular flexibility index (Phi) is 3.75. The first kappa shape index (κ1) is 14.6. The van der Waals surface area contributed by atoms with Gasteiger partial charge in [0.15, 0.2) is 0 Å². The van der Waals surface area contributed by atoms with Crippen molar-refractivity contribution in [2.75, 3.05) is 13.1 Å². The quantitative estimate of drug-likeness (QED) is 0.727. The van der Waals surface area contributed by atoms with Crippen LogP contribution in [0.4, 0.5) is 0 Å². The van der Waals surface area contributed by atoms with Gasteiger partial charge in [0.1, 0.15) is 10.5 Å². The van der Waals surface area contributed by atoms with E-state index in [1.54, 1.807) is 0 Å². The summed E-state index contributed by atoms with van der Waals surface area (Å²) < 4.78 is 2.65. The Labute approximate surface area is 139 Å². The first-order chi connectivity index (χ1) is 11.2. The number of rotatable bonds is 2. The fraction of sp³-hybridized carbons (Fsp3) is 0.333. The van der Waals surface area contributed by atoms with Gasteiger partial charge in [0, 0.05) is 32.6 Å². The highest BCUT2D eigenvalue weighted by atomic mass is 32.1. The van der Waals surface area contributed by atoms with Crippen LogP contribution in [0.25, 0.3) is 10.2 Å². The predicted octanol–water partition coefficient (Wildman–Crippen LogP) is 2.82. The van der Waals surface area contributed by atoms with Crippen molar-refractivity contribution in [2.45, 2.75) is 26.4 Å². The molecule has 1 aliphatic heterocycles. The molecule has 0 amide bonds. The highest BCUT2D eigenvalue weighted by Gasteiger charge is 2.18. The number of aromatic nitrogens is 2. The third kappa shape index (κ3) is 2.71. The number of fused-ring (bicyclic) bond motifs is 2. The van der Waals surface area contributed by atoms with Crippen LogP contribution in [0.1, 0.15) is 17.0 Å². The molecule has 0 N–H and O–H groups in total. The van der Waals surface area contributed by atoms with Gasteiger partial charge in [-0.1, -0.05) is 24.3 Å². The third-order valence-corrected chi connectivity index (χ3v) is 5.48. The van der Waals surface area contributed by atoms with Gasteiger partial charge < -0.3 is 0 Å². The van der Waals surface area contributed by atoms with Crippen LogP contribution in [0.3, 0.4) is 0 Å². The van der Waals surface area contributed by atoms with E-state index in [2.05, 4.69) is 36.1 Å². The van der Waals surface area contributed by atoms with Gasteiger partial charge in [0.2, 0.25) is 0 Å². The molecule has 4 rings (SSSR count). The second-order valence-corrected chi connectivity index (χ2v) is 6.99. The molecule has 4 nitrogen and oxygen atoms in total. The van der Waals surface area contributed by atoms with Crippen molar-refractivity contribution in [2.24, 2.45) is 0 Å². The first-order valence-corrected chi connectivity index (χ1v) is 8.84. The van der Waals surface area contributed by atoms with Crippen LogP contribution in [0.5, 0.6) is 0 Å². The summed E-state index contributed by atoms with van der Waals surface area (Å²) in [7, 11) is 0. The summed E-state index contributed by atoms with van der Waals surface area (Å²) in [5, 5.41) is 1.95. The molecule has 0 fully saturated rings. The normalized spacial score (nSPS) is 15.5. The average Bonchev–Trinajstić information content (AvgIpc) is 2.93. The van der Waals surface area contributed by atoms with E-state index in [-0.39, 0.29) is 5.56 Å². The lowest BCUT2D eigenvalue weighted by atomic mass is 10.1. The zero-order valence-electron chi connectivity index (χ0n) is 13.2. The summed E-state index contributed by atoms with van der Waals surface area (Å²) in [6, 6.07) is 10.5. The van der Waals surface area contributed by atoms with Crippen LogP contribution in [0.2, 0.25) is 0 Å². The Balaban J connectivity index is 1.60. The Bertz CT molecular complexity index is 912. The maximum Gasteiger partial charge on any atom is 0.271 e. The molecule has 1 aliphatic rings. The second kappa shape index (κ2) is 5.91. The molecule has 0 bridgehead atoms. The number of thiophene rings is 1. The SMILES string of the molecule is Cc1ccccc1CN1CCc2nc3ccsc3c(=O)n2CC1. The molecule has 0 saturated heterocycles. The number of benzene rings is 1. The summed E-state index contributed by atoms with van der Waals surface area (Å²) in [6.07, 6.45) is 0.826. The van der Waals surface area contributed by atoms with Crippen molar-refractivity contribution in [3.05, 3.63) is 63.0 Å². The molecule has 3 aromatic rings. The van der Waals surface area contributed by atoms with Gasteiger partial charge in [0.05, 0.1) is 5.52 Å². The standard InChI is InChI=1S/C18H19N3OS/c1-13-4-2-3-5-14(13)12-20-8-6-16-19-15-7-11-23-17(15)18(22)21(16)10-9-20/h2-5,7,11H,6,8-10,12H2,1H3. The van der Waals surface area contributed by atoms with E-state index in [9.17, 15) is 4.79 Å². The van der Waals surface area contributed by atoms with Gasteiger partial charge in [-0.15, -0.1) is 11.3 Å². The average molecular weight is 325 g/mol. The van der Waals surface area contributed by atoms with E-state index in [0.29, 0.717) is 0 Å². The van der Waals surface area contributed by atoms with Crippen LogP contribution < -0.4 is 5.56 Å². The Morgan fingerprint density at radius 3 is 2.91 bits per heavy atom. The second-order valence-electron chi connectivity index (χ2n) is 6.07. The molecule has 0 spiro atoms. The highest BCUT2D eigenvalue weighted by molar-refractivity contribution is 7.17. The molecule has 5 heteroatoms. The van der Waals surface area contributed by atoms with E-state index in [0.717, 1.165) is 48.6 Å². The van der Waals surface area contributed by atoms with E-state index in [1.165, 1.54) is 22.5 Å². The molecule has 1 aromatic carbocycles. The molecule has 0 saturated carbocycles. The van der Waals surface area contributed by atoms with Gasteiger partial charge in [-0.3, -0.25) is 14.3 Å². The molecule has 3 heterocycles. The zero-order valence-corrected chi connectivity index (χ0v) is 14.0. The van der Waals surface area contributed by atoms with E-state index >= 15 is 0 Å². The first-order valence-electron chi connectivity index (χ1n) is 7.96. The molecular formula is C18H19N3OS. The van der Waals surface area contributed by atoms with Gasteiger partial charge in [-0.2, -0.15) is 0 Å². The minimum Gasteiger partial charge on any atom is -0.297 e. The number of hydrogen-bond donors (Lipinski definition) is 0. The number of aryl methyl sites for hydroxylation is 1. The molecule has 118 valence electrons. The molecule has 23 heavy (non-hydrogen) atoms. The highest BCUT2D eigenvalue weighted by Crippen LogP contribution is 2.18. The summed E-state index contributed by atoms with van der Waals surface area (Å²) in [5.74, 6) is 0.924. The van der Waals surface area contributed by atoms with E-state index in [4.69, 9.17) is 4.98 Å².